The van der Waals surface area contributed by atoms with Crippen molar-refractivity contribution in [2.24, 2.45) is 0 Å². The van der Waals surface area contributed by atoms with Gasteiger partial charge < -0.3 is 23.5 Å². The molecule has 1 aromatic carbocycles. The maximum atomic E-state index is 12.6. The molecule has 4 rings (SSSR count). The first kappa shape index (κ1) is 20.3. The highest BCUT2D eigenvalue weighted by Gasteiger charge is 2.32. The summed E-state index contributed by atoms with van der Waals surface area (Å²) in [5, 5.41) is 8.40. The van der Waals surface area contributed by atoms with Crippen molar-refractivity contribution in [1.82, 2.24) is 15.1 Å². The molecular formula is C22H27N3O5. The first-order valence-corrected chi connectivity index (χ1v) is 10.2. The molecule has 1 aliphatic carbocycles. The van der Waals surface area contributed by atoms with Crippen LogP contribution in [0.25, 0.3) is 6.08 Å². The number of aromatic nitrogens is 2. The quantitative estimate of drug-likeness (QED) is 0.643. The fourth-order valence-corrected chi connectivity index (χ4v) is 3.72. The molecule has 160 valence electrons. The molecule has 0 radical (unpaired) electrons. The van der Waals surface area contributed by atoms with E-state index in [1.807, 2.05) is 17.0 Å². The molecule has 1 saturated heterocycles. The van der Waals surface area contributed by atoms with E-state index >= 15 is 0 Å². The number of carbonyl (C=O) groups is 1. The number of nitrogens with zero attached hydrogens (tertiary/aromatic N) is 3. The van der Waals surface area contributed by atoms with Crippen LogP contribution in [0.1, 0.15) is 54.9 Å². The van der Waals surface area contributed by atoms with Gasteiger partial charge in [-0.15, -0.1) is 10.2 Å². The molecule has 0 atom stereocenters. The van der Waals surface area contributed by atoms with Crippen LogP contribution in [-0.4, -0.2) is 55.4 Å². The van der Waals surface area contributed by atoms with Gasteiger partial charge in [-0.3, -0.25) is 4.79 Å². The Hall–Kier alpha value is -3.03. The Morgan fingerprint density at radius 2 is 1.53 bits per heavy atom. The summed E-state index contributed by atoms with van der Waals surface area (Å²) in [6, 6.07) is 3.62. The third-order valence-electron chi connectivity index (χ3n) is 5.64. The number of hydrogen-bond acceptors (Lipinski definition) is 7. The number of carbonyl (C=O) groups excluding carboxylic acids is 1. The average molecular weight is 413 g/mol. The summed E-state index contributed by atoms with van der Waals surface area (Å²) in [6.45, 7) is 1.34. The first-order chi connectivity index (χ1) is 14.6. The summed E-state index contributed by atoms with van der Waals surface area (Å²) in [7, 11) is 4.69. The minimum absolute atomic E-state index is 0.0219. The zero-order valence-corrected chi connectivity index (χ0v) is 17.6. The topological polar surface area (TPSA) is 86.9 Å². The maximum Gasteiger partial charge on any atom is 0.246 e. The minimum Gasteiger partial charge on any atom is -0.493 e. The molecule has 0 spiro atoms. The predicted octanol–water partition coefficient (Wildman–Crippen LogP) is 3.39. The van der Waals surface area contributed by atoms with Gasteiger partial charge in [-0.2, -0.15) is 0 Å². The first-order valence-electron chi connectivity index (χ1n) is 10.2. The van der Waals surface area contributed by atoms with Crippen LogP contribution in [0.5, 0.6) is 17.2 Å². The second kappa shape index (κ2) is 8.77. The van der Waals surface area contributed by atoms with Crippen molar-refractivity contribution in [3.8, 4) is 17.2 Å². The molecule has 1 aliphatic heterocycles. The molecule has 0 bridgehead atoms. The smallest absolute Gasteiger partial charge is 0.246 e. The Balaban J connectivity index is 1.36. The van der Waals surface area contributed by atoms with E-state index in [1.165, 1.54) is 0 Å². The van der Waals surface area contributed by atoms with Gasteiger partial charge >= 0.3 is 0 Å². The van der Waals surface area contributed by atoms with Crippen molar-refractivity contribution in [3.63, 3.8) is 0 Å². The Labute approximate surface area is 175 Å². The second-order valence-electron chi connectivity index (χ2n) is 7.64. The van der Waals surface area contributed by atoms with Gasteiger partial charge in [0, 0.05) is 31.0 Å². The van der Waals surface area contributed by atoms with Crippen LogP contribution in [0.4, 0.5) is 0 Å². The number of rotatable bonds is 7. The number of hydrogen-bond donors (Lipinski definition) is 0. The zero-order chi connectivity index (χ0) is 21.1. The van der Waals surface area contributed by atoms with E-state index in [4.69, 9.17) is 18.6 Å². The van der Waals surface area contributed by atoms with Gasteiger partial charge in [0.15, 0.2) is 11.5 Å². The molecule has 30 heavy (non-hydrogen) atoms. The summed E-state index contributed by atoms with van der Waals surface area (Å²) in [5.74, 6) is 3.79. The molecule has 8 nitrogen and oxygen atoms in total. The van der Waals surface area contributed by atoms with E-state index in [9.17, 15) is 4.79 Å². The van der Waals surface area contributed by atoms with Crippen molar-refractivity contribution < 1.29 is 23.4 Å². The molecule has 8 heteroatoms. The lowest BCUT2D eigenvalue weighted by Crippen LogP contribution is -2.36. The van der Waals surface area contributed by atoms with Crippen LogP contribution in [0.3, 0.4) is 0 Å². The number of methoxy groups -OCH3 is 3. The molecule has 1 amide bonds. The van der Waals surface area contributed by atoms with E-state index in [2.05, 4.69) is 10.2 Å². The number of amides is 1. The highest BCUT2D eigenvalue weighted by atomic mass is 16.5. The predicted molar refractivity (Wildman–Crippen MR) is 110 cm³/mol. The van der Waals surface area contributed by atoms with Crippen LogP contribution >= 0.6 is 0 Å². The van der Waals surface area contributed by atoms with Crippen molar-refractivity contribution in [2.75, 3.05) is 34.4 Å². The fourth-order valence-electron chi connectivity index (χ4n) is 3.72. The van der Waals surface area contributed by atoms with Crippen LogP contribution in [0.2, 0.25) is 0 Å². The van der Waals surface area contributed by atoms with Gasteiger partial charge in [0.05, 0.1) is 21.3 Å². The SMILES string of the molecule is COc1cc(/C=C/C(=O)N2CCC(c3nnc(C4CC4)o3)CC2)cc(OC)c1OC. The van der Waals surface area contributed by atoms with Gasteiger partial charge in [-0.25, -0.2) is 0 Å². The summed E-state index contributed by atoms with van der Waals surface area (Å²) in [4.78, 5) is 14.5. The third kappa shape index (κ3) is 4.27. The monoisotopic (exact) mass is 413 g/mol. The molecule has 2 aliphatic rings. The summed E-state index contributed by atoms with van der Waals surface area (Å²) < 4.78 is 21.9. The van der Waals surface area contributed by atoms with Gasteiger partial charge in [0.1, 0.15) is 0 Å². The van der Waals surface area contributed by atoms with Crippen molar-refractivity contribution in [2.45, 2.75) is 37.5 Å². The van der Waals surface area contributed by atoms with Crippen molar-refractivity contribution in [3.05, 3.63) is 35.6 Å². The number of likely N-dealkylation sites (tertiary alicyclic amines) is 1. The number of benzene rings is 1. The van der Waals surface area contributed by atoms with Gasteiger partial charge in [0.2, 0.25) is 23.4 Å². The van der Waals surface area contributed by atoms with E-state index < -0.39 is 0 Å². The molecule has 2 aromatic rings. The lowest BCUT2D eigenvalue weighted by molar-refractivity contribution is -0.127. The van der Waals surface area contributed by atoms with E-state index in [-0.39, 0.29) is 11.8 Å². The Bertz CT molecular complexity index is 902. The lowest BCUT2D eigenvalue weighted by Gasteiger charge is -2.29. The van der Waals surface area contributed by atoms with Crippen LogP contribution < -0.4 is 14.2 Å². The van der Waals surface area contributed by atoms with E-state index in [0.717, 1.165) is 43.0 Å². The second-order valence-corrected chi connectivity index (χ2v) is 7.64. The molecule has 0 N–H and O–H groups in total. The molecule has 2 fully saturated rings. The van der Waals surface area contributed by atoms with Crippen molar-refractivity contribution in [1.29, 1.82) is 0 Å². The van der Waals surface area contributed by atoms with Crippen LogP contribution in [0, 0.1) is 0 Å². The molecule has 0 unspecified atom stereocenters. The van der Waals surface area contributed by atoms with Crippen LogP contribution in [-0.2, 0) is 4.79 Å². The lowest BCUT2D eigenvalue weighted by atomic mass is 9.97. The Morgan fingerprint density at radius 1 is 0.967 bits per heavy atom. The molecule has 2 heterocycles. The van der Waals surface area contributed by atoms with E-state index in [1.54, 1.807) is 33.5 Å². The third-order valence-corrected chi connectivity index (χ3v) is 5.64. The average Bonchev–Trinajstić information content (AvgIpc) is 3.53. The summed E-state index contributed by atoms with van der Waals surface area (Å²) >= 11 is 0. The Kier molecular flexibility index (Phi) is 5.92. The minimum atomic E-state index is -0.0219. The number of piperidine rings is 1. The normalized spacial score (nSPS) is 17.4. The molecular weight excluding hydrogens is 386 g/mol. The highest BCUT2D eigenvalue weighted by Crippen LogP contribution is 2.40. The number of ether oxygens (including phenoxy) is 3. The zero-order valence-electron chi connectivity index (χ0n) is 17.6. The maximum absolute atomic E-state index is 12.6. The standard InChI is InChI=1S/C22H27N3O5/c1-27-17-12-14(13-18(28-2)20(17)29-3)4-7-19(26)25-10-8-16(9-11-25)22-24-23-21(30-22)15-5-6-15/h4,7,12-13,15-16H,5-6,8-11H2,1-3H3/b7-4+. The van der Waals surface area contributed by atoms with Gasteiger partial charge in [-0.05, 0) is 49.5 Å². The summed E-state index contributed by atoms with van der Waals surface area (Å²) in [5.41, 5.74) is 0.797. The molecule has 1 aromatic heterocycles. The highest BCUT2D eigenvalue weighted by molar-refractivity contribution is 5.92. The molecule has 1 saturated carbocycles. The largest absolute Gasteiger partial charge is 0.493 e. The van der Waals surface area contributed by atoms with Crippen molar-refractivity contribution >= 4 is 12.0 Å². The van der Waals surface area contributed by atoms with E-state index in [0.29, 0.717) is 36.3 Å². The van der Waals surface area contributed by atoms with Gasteiger partial charge in [-0.1, -0.05) is 0 Å². The van der Waals surface area contributed by atoms with Crippen LogP contribution in [0.15, 0.2) is 22.6 Å². The Morgan fingerprint density at radius 3 is 2.03 bits per heavy atom. The summed E-state index contributed by atoms with van der Waals surface area (Å²) in [6.07, 6.45) is 7.30. The fraction of sp³-hybridized carbons (Fsp3) is 0.500. The van der Waals surface area contributed by atoms with Gasteiger partial charge in [0.25, 0.3) is 0 Å².